The molecule has 1 N–H and O–H groups in total. The van der Waals surface area contributed by atoms with Crippen LogP contribution in [0.2, 0.25) is 0 Å². The van der Waals surface area contributed by atoms with Crippen molar-refractivity contribution in [3.05, 3.63) is 58.8 Å². The van der Waals surface area contributed by atoms with E-state index in [4.69, 9.17) is 4.74 Å². The molecule has 4 heterocycles. The van der Waals surface area contributed by atoms with Gasteiger partial charge in [0.2, 0.25) is 5.88 Å². The van der Waals surface area contributed by atoms with Crippen LogP contribution in [0, 0.1) is 0 Å². The molecule has 4 rings (SSSR count). The van der Waals surface area contributed by atoms with Crippen molar-refractivity contribution in [1.82, 2.24) is 29.3 Å². The number of rotatable bonds is 5. The number of aromatic nitrogens is 6. The van der Waals surface area contributed by atoms with E-state index in [2.05, 4.69) is 25.4 Å². The molecule has 0 aliphatic carbocycles. The van der Waals surface area contributed by atoms with E-state index in [0.29, 0.717) is 19.0 Å². The molecule has 0 spiro atoms. The highest BCUT2D eigenvalue weighted by Crippen LogP contribution is 2.18. The Balaban J connectivity index is 1.45. The zero-order valence-corrected chi connectivity index (χ0v) is 15.1. The maximum absolute atomic E-state index is 12.7. The molecule has 3 aromatic rings. The average molecular weight is 367 g/mol. The lowest BCUT2D eigenvalue weighted by Crippen LogP contribution is -2.27. The standard InChI is InChI=1S/C18H21N7O2/c1-27-17-9-15(20-12-21-17)22-14-4-5-16-23-25(18(26)24(16)8-6-14)11-13-3-2-7-19-10-13/h2-3,7,9-10,12,14H,4-6,8,11H2,1H3,(H,20,21,22). The van der Waals surface area contributed by atoms with E-state index in [-0.39, 0.29) is 11.7 Å². The van der Waals surface area contributed by atoms with Gasteiger partial charge in [0.1, 0.15) is 18.0 Å². The predicted molar refractivity (Wildman–Crippen MR) is 98.8 cm³/mol. The largest absolute Gasteiger partial charge is 0.481 e. The highest BCUT2D eigenvalue weighted by Gasteiger charge is 2.21. The quantitative estimate of drug-likeness (QED) is 0.721. The Kier molecular flexibility index (Phi) is 4.82. The fourth-order valence-electron chi connectivity index (χ4n) is 3.28. The van der Waals surface area contributed by atoms with Gasteiger partial charge in [-0.25, -0.2) is 19.4 Å². The normalized spacial score (nSPS) is 16.4. The van der Waals surface area contributed by atoms with Gasteiger partial charge >= 0.3 is 5.69 Å². The second-order valence-corrected chi connectivity index (χ2v) is 6.48. The maximum Gasteiger partial charge on any atom is 0.346 e. The van der Waals surface area contributed by atoms with Gasteiger partial charge in [-0.05, 0) is 24.5 Å². The predicted octanol–water partition coefficient (Wildman–Crippen LogP) is 1.10. The summed E-state index contributed by atoms with van der Waals surface area (Å²) in [7, 11) is 1.58. The first-order valence-electron chi connectivity index (χ1n) is 8.91. The Morgan fingerprint density at radius 2 is 2.26 bits per heavy atom. The molecule has 0 amide bonds. The number of ether oxygens (including phenoxy) is 1. The van der Waals surface area contributed by atoms with Crippen molar-refractivity contribution < 1.29 is 4.74 Å². The van der Waals surface area contributed by atoms with Crippen molar-refractivity contribution in [3.8, 4) is 5.88 Å². The second-order valence-electron chi connectivity index (χ2n) is 6.48. The summed E-state index contributed by atoms with van der Waals surface area (Å²) in [5.74, 6) is 2.07. The molecule has 0 radical (unpaired) electrons. The van der Waals surface area contributed by atoms with Gasteiger partial charge < -0.3 is 10.1 Å². The van der Waals surface area contributed by atoms with Gasteiger partial charge in [0.05, 0.1) is 13.7 Å². The summed E-state index contributed by atoms with van der Waals surface area (Å²) in [5, 5.41) is 7.95. The van der Waals surface area contributed by atoms with E-state index in [9.17, 15) is 4.79 Å². The molecular weight excluding hydrogens is 346 g/mol. The van der Waals surface area contributed by atoms with Crippen molar-refractivity contribution in [2.45, 2.75) is 38.4 Å². The molecule has 0 fully saturated rings. The summed E-state index contributed by atoms with van der Waals surface area (Å²) in [6.07, 6.45) is 7.37. The molecule has 140 valence electrons. The third-order valence-electron chi connectivity index (χ3n) is 4.68. The van der Waals surface area contributed by atoms with Gasteiger partial charge in [-0.1, -0.05) is 6.07 Å². The molecule has 3 aromatic heterocycles. The monoisotopic (exact) mass is 367 g/mol. The summed E-state index contributed by atoms with van der Waals surface area (Å²) >= 11 is 0. The number of hydrogen-bond acceptors (Lipinski definition) is 7. The lowest BCUT2D eigenvalue weighted by Gasteiger charge is -2.16. The smallest absolute Gasteiger partial charge is 0.346 e. The van der Waals surface area contributed by atoms with Crippen LogP contribution in [0.5, 0.6) is 5.88 Å². The van der Waals surface area contributed by atoms with Crippen molar-refractivity contribution >= 4 is 5.82 Å². The number of nitrogens with zero attached hydrogens (tertiary/aromatic N) is 6. The van der Waals surface area contributed by atoms with E-state index in [1.165, 1.54) is 11.0 Å². The van der Waals surface area contributed by atoms with Crippen molar-refractivity contribution in [3.63, 3.8) is 0 Å². The van der Waals surface area contributed by atoms with Crippen molar-refractivity contribution in [2.24, 2.45) is 0 Å². The number of anilines is 1. The summed E-state index contributed by atoms with van der Waals surface area (Å²) in [6, 6.07) is 5.78. The number of nitrogens with one attached hydrogen (secondary N) is 1. The Labute approximate surface area is 156 Å². The highest BCUT2D eigenvalue weighted by molar-refractivity contribution is 5.38. The number of methoxy groups -OCH3 is 1. The Hall–Kier alpha value is -3.23. The van der Waals surface area contributed by atoms with Crippen LogP contribution in [0.25, 0.3) is 0 Å². The molecule has 9 heteroatoms. The zero-order chi connectivity index (χ0) is 18.6. The topological polar surface area (TPSA) is 99.8 Å². The van der Waals surface area contributed by atoms with Crippen LogP contribution in [0.1, 0.15) is 24.2 Å². The molecule has 0 saturated heterocycles. The zero-order valence-electron chi connectivity index (χ0n) is 15.1. The van der Waals surface area contributed by atoms with Gasteiger partial charge in [0.25, 0.3) is 0 Å². The minimum atomic E-state index is -0.0711. The SMILES string of the molecule is COc1cc(NC2CCc3nn(Cc4cccnc4)c(=O)n3CC2)ncn1. The van der Waals surface area contributed by atoms with E-state index >= 15 is 0 Å². The second kappa shape index (κ2) is 7.56. The van der Waals surface area contributed by atoms with Crippen LogP contribution < -0.4 is 15.7 Å². The molecule has 0 aromatic carbocycles. The fraction of sp³-hybridized carbons (Fsp3) is 0.389. The van der Waals surface area contributed by atoms with Crippen LogP contribution in [0.4, 0.5) is 5.82 Å². The Morgan fingerprint density at radius 3 is 3.07 bits per heavy atom. The third kappa shape index (κ3) is 3.81. The molecule has 0 saturated carbocycles. The Morgan fingerprint density at radius 1 is 1.33 bits per heavy atom. The maximum atomic E-state index is 12.7. The summed E-state index contributed by atoms with van der Waals surface area (Å²) in [6.45, 7) is 1.07. The first-order valence-corrected chi connectivity index (χ1v) is 8.91. The van der Waals surface area contributed by atoms with E-state index < -0.39 is 0 Å². The third-order valence-corrected chi connectivity index (χ3v) is 4.68. The van der Waals surface area contributed by atoms with Crippen LogP contribution in [0.3, 0.4) is 0 Å². The number of fused-ring (bicyclic) bond motifs is 1. The summed E-state index contributed by atoms with van der Waals surface area (Å²) in [5.41, 5.74) is 0.892. The van der Waals surface area contributed by atoms with Crippen LogP contribution >= 0.6 is 0 Å². The van der Waals surface area contributed by atoms with E-state index in [1.54, 1.807) is 30.1 Å². The molecule has 1 aliphatic heterocycles. The lowest BCUT2D eigenvalue weighted by molar-refractivity contribution is 0.397. The molecule has 27 heavy (non-hydrogen) atoms. The average Bonchev–Trinajstić information content (AvgIpc) is 2.86. The van der Waals surface area contributed by atoms with Gasteiger partial charge in [-0.15, -0.1) is 0 Å². The first kappa shape index (κ1) is 17.2. The molecule has 9 nitrogen and oxygen atoms in total. The van der Waals surface area contributed by atoms with Gasteiger partial charge in [0, 0.05) is 37.5 Å². The number of hydrogen-bond donors (Lipinski definition) is 1. The van der Waals surface area contributed by atoms with E-state index in [0.717, 1.165) is 36.5 Å². The van der Waals surface area contributed by atoms with Gasteiger partial charge in [-0.3, -0.25) is 9.55 Å². The summed E-state index contributed by atoms with van der Waals surface area (Å²) in [4.78, 5) is 25.0. The molecule has 1 unspecified atom stereocenters. The number of aryl methyl sites for hydroxylation is 1. The summed E-state index contributed by atoms with van der Waals surface area (Å²) < 4.78 is 8.43. The van der Waals surface area contributed by atoms with Crippen molar-refractivity contribution in [2.75, 3.05) is 12.4 Å². The fourth-order valence-corrected chi connectivity index (χ4v) is 3.28. The van der Waals surface area contributed by atoms with Gasteiger partial charge in [0.15, 0.2) is 0 Å². The molecule has 0 bridgehead atoms. The minimum Gasteiger partial charge on any atom is -0.481 e. The molecular formula is C18H21N7O2. The van der Waals surface area contributed by atoms with Crippen LogP contribution in [0.15, 0.2) is 41.7 Å². The van der Waals surface area contributed by atoms with E-state index in [1.807, 2.05) is 12.1 Å². The number of pyridine rings is 1. The molecule has 1 aliphatic rings. The van der Waals surface area contributed by atoms with Gasteiger partial charge in [-0.2, -0.15) is 5.10 Å². The lowest BCUT2D eigenvalue weighted by atomic mass is 10.1. The Bertz CT molecular complexity index is 967. The minimum absolute atomic E-state index is 0.0711. The van der Waals surface area contributed by atoms with Crippen LogP contribution in [-0.4, -0.2) is 42.5 Å². The first-order chi connectivity index (χ1) is 13.2. The molecule has 1 atom stereocenters. The van der Waals surface area contributed by atoms with Crippen molar-refractivity contribution in [1.29, 1.82) is 0 Å². The highest BCUT2D eigenvalue weighted by atomic mass is 16.5. The van der Waals surface area contributed by atoms with Crippen LogP contribution in [-0.2, 0) is 19.5 Å².